The molecule has 46 heavy (non-hydrogen) atoms. The van der Waals surface area contributed by atoms with E-state index in [4.69, 9.17) is 14.2 Å². The second-order valence-electron chi connectivity index (χ2n) is 11.0. The summed E-state index contributed by atoms with van der Waals surface area (Å²) < 4.78 is 19.9. The average molecular weight is 646 g/mol. The number of carbonyl (C=O) groups is 2. The van der Waals surface area contributed by atoms with Crippen molar-refractivity contribution in [2.24, 2.45) is 13.0 Å². The first-order chi connectivity index (χ1) is 22.4. The molecular weight excluding hydrogens is 606 g/mol. The van der Waals surface area contributed by atoms with Gasteiger partial charge in [0.05, 0.1) is 25.4 Å². The third kappa shape index (κ3) is 8.32. The number of hydrogen-bond acceptors (Lipinski definition) is 9. The number of benzene rings is 3. The first-order valence-corrected chi connectivity index (χ1v) is 16.2. The van der Waals surface area contributed by atoms with E-state index in [1.54, 1.807) is 25.0 Å². The summed E-state index contributed by atoms with van der Waals surface area (Å²) in [6, 6.07) is 23.3. The topological polar surface area (TPSA) is 137 Å². The summed E-state index contributed by atoms with van der Waals surface area (Å²) in [4.78, 5) is 23.8. The maximum Gasteiger partial charge on any atom is 0.325 e. The number of hydrogen-bond donors (Lipinski definition) is 3. The lowest BCUT2D eigenvalue weighted by Crippen LogP contribution is -2.38. The molecule has 12 heteroatoms. The van der Waals surface area contributed by atoms with Crippen LogP contribution in [0, 0.1) is 5.92 Å². The van der Waals surface area contributed by atoms with E-state index in [1.807, 2.05) is 84.4 Å². The summed E-state index contributed by atoms with van der Waals surface area (Å²) in [5, 5.41) is 23.9. The zero-order valence-corrected chi connectivity index (χ0v) is 26.9. The Morgan fingerprint density at radius 1 is 1.00 bits per heavy atom. The van der Waals surface area contributed by atoms with E-state index in [0.29, 0.717) is 5.75 Å². The number of aryl methyl sites for hydroxylation is 1. The standard InChI is InChI=1S/C34H39N5O6S/c1-4-43-30(41)18-36-33(42)35-17-27-7-5-6-8-28(27)24-13-15-26(16-14-24)32-44-29(20-46-34-38-37-21-39(34)3)22(2)31(45-32)25-11-9-23(19-40)10-12-25/h5-16,21-22,29,31-32,40H,4,17-20H2,1-3H3,(H2,35,36,42)/t22-,29+,31+,32+/m1/s1. The molecule has 1 fully saturated rings. The Morgan fingerprint density at radius 2 is 1.74 bits per heavy atom. The summed E-state index contributed by atoms with van der Waals surface area (Å²) in [6.45, 7) is 4.18. The number of aliphatic hydroxyl groups is 1. The minimum Gasteiger partial charge on any atom is -0.465 e. The predicted octanol–water partition coefficient (Wildman–Crippen LogP) is 4.92. The van der Waals surface area contributed by atoms with Crippen LogP contribution in [0.15, 0.2) is 84.3 Å². The van der Waals surface area contributed by atoms with Gasteiger partial charge in [-0.2, -0.15) is 0 Å². The number of aromatic nitrogens is 3. The second-order valence-corrected chi connectivity index (χ2v) is 12.0. The Bertz CT molecular complexity index is 1600. The monoisotopic (exact) mass is 645 g/mol. The van der Waals surface area contributed by atoms with E-state index in [1.165, 1.54) is 0 Å². The SMILES string of the molecule is CCOC(=O)CNC(=O)NCc1ccccc1-c1ccc([C@H]2O[C@@H](CSc3nncn3C)[C@@H](C)[C@@H](c3ccc(CO)cc3)O2)cc1. The smallest absolute Gasteiger partial charge is 0.325 e. The molecule has 4 atom stereocenters. The minimum atomic E-state index is -0.599. The Balaban J connectivity index is 1.31. The molecule has 3 N–H and O–H groups in total. The first-order valence-electron chi connectivity index (χ1n) is 15.2. The third-order valence-corrected chi connectivity index (χ3v) is 8.94. The first kappa shape index (κ1) is 33.1. The van der Waals surface area contributed by atoms with Crippen molar-refractivity contribution in [3.63, 3.8) is 0 Å². The van der Waals surface area contributed by atoms with Gasteiger partial charge in [0.25, 0.3) is 0 Å². The number of urea groups is 1. The van der Waals surface area contributed by atoms with Crippen LogP contribution in [0.25, 0.3) is 11.1 Å². The van der Waals surface area contributed by atoms with Crippen LogP contribution < -0.4 is 10.6 Å². The Morgan fingerprint density at radius 3 is 2.43 bits per heavy atom. The maximum absolute atomic E-state index is 12.3. The van der Waals surface area contributed by atoms with Gasteiger partial charge in [0.15, 0.2) is 11.4 Å². The van der Waals surface area contributed by atoms with Crippen molar-refractivity contribution >= 4 is 23.8 Å². The molecule has 0 unspecified atom stereocenters. The molecule has 0 bridgehead atoms. The molecule has 1 aliphatic heterocycles. The van der Waals surface area contributed by atoms with Crippen molar-refractivity contribution in [2.45, 2.75) is 50.7 Å². The Kier molecular flexibility index (Phi) is 11.4. The zero-order chi connectivity index (χ0) is 32.5. The van der Waals surface area contributed by atoms with E-state index in [0.717, 1.165) is 38.5 Å². The van der Waals surface area contributed by atoms with E-state index in [9.17, 15) is 14.7 Å². The predicted molar refractivity (Wildman–Crippen MR) is 173 cm³/mol. The Labute approximate surface area is 272 Å². The van der Waals surface area contributed by atoms with E-state index >= 15 is 0 Å². The van der Waals surface area contributed by atoms with Gasteiger partial charge in [-0.3, -0.25) is 4.79 Å². The molecule has 0 saturated carbocycles. The molecule has 11 nitrogen and oxygen atoms in total. The molecule has 2 heterocycles. The number of ether oxygens (including phenoxy) is 3. The molecule has 1 saturated heterocycles. The number of amides is 2. The van der Waals surface area contributed by atoms with Crippen molar-refractivity contribution < 1.29 is 28.9 Å². The molecule has 0 spiro atoms. The highest BCUT2D eigenvalue weighted by Gasteiger charge is 2.38. The number of nitrogens with zero attached hydrogens (tertiary/aromatic N) is 3. The maximum atomic E-state index is 12.3. The third-order valence-electron chi connectivity index (χ3n) is 7.82. The molecule has 1 aliphatic rings. The van der Waals surface area contributed by atoms with Crippen molar-refractivity contribution in [3.8, 4) is 11.1 Å². The lowest BCUT2D eigenvalue weighted by atomic mass is 9.91. The molecule has 0 aliphatic carbocycles. The van der Waals surface area contributed by atoms with Gasteiger partial charge in [0, 0.05) is 30.8 Å². The molecule has 0 radical (unpaired) electrons. The second kappa shape index (κ2) is 15.9. The van der Waals surface area contributed by atoms with E-state index in [-0.39, 0.29) is 44.4 Å². The van der Waals surface area contributed by atoms with E-state index in [2.05, 4.69) is 27.8 Å². The van der Waals surface area contributed by atoms with Gasteiger partial charge in [0.1, 0.15) is 12.9 Å². The van der Waals surface area contributed by atoms with Crippen LogP contribution in [-0.4, -0.2) is 56.9 Å². The van der Waals surface area contributed by atoms with Crippen molar-refractivity contribution in [3.05, 3.63) is 101 Å². The summed E-state index contributed by atoms with van der Waals surface area (Å²) in [6.07, 6.45) is 0.724. The molecular formula is C34H39N5O6S. The van der Waals surface area contributed by atoms with Crippen molar-refractivity contribution in [2.75, 3.05) is 18.9 Å². The number of rotatable bonds is 12. The van der Waals surface area contributed by atoms with Crippen LogP contribution in [-0.2, 0) is 39.2 Å². The van der Waals surface area contributed by atoms with Crippen molar-refractivity contribution in [1.82, 2.24) is 25.4 Å². The van der Waals surface area contributed by atoms with Crippen LogP contribution in [0.3, 0.4) is 0 Å². The molecule has 3 aromatic carbocycles. The van der Waals surface area contributed by atoms with Gasteiger partial charge in [-0.15, -0.1) is 10.2 Å². The molecule has 242 valence electrons. The van der Waals surface area contributed by atoms with Gasteiger partial charge in [0.2, 0.25) is 0 Å². The fourth-order valence-corrected chi connectivity index (χ4v) is 6.30. The van der Waals surface area contributed by atoms with Gasteiger partial charge in [-0.25, -0.2) is 4.79 Å². The highest BCUT2D eigenvalue weighted by atomic mass is 32.2. The lowest BCUT2D eigenvalue weighted by molar-refractivity contribution is -0.268. The number of carbonyl (C=O) groups excluding carboxylic acids is 2. The largest absolute Gasteiger partial charge is 0.465 e. The summed E-state index contributed by atoms with van der Waals surface area (Å²) in [5.74, 6) is 0.231. The normalized spacial score (nSPS) is 19.4. The zero-order valence-electron chi connectivity index (χ0n) is 26.1. The van der Waals surface area contributed by atoms with Crippen LogP contribution in [0.1, 0.15) is 48.5 Å². The van der Waals surface area contributed by atoms with Crippen LogP contribution in [0.2, 0.25) is 0 Å². The molecule has 4 aromatic rings. The van der Waals surface area contributed by atoms with Crippen LogP contribution >= 0.6 is 11.8 Å². The molecule has 5 rings (SSSR count). The highest BCUT2D eigenvalue weighted by molar-refractivity contribution is 7.99. The highest BCUT2D eigenvalue weighted by Crippen LogP contribution is 2.43. The van der Waals surface area contributed by atoms with Crippen molar-refractivity contribution in [1.29, 1.82) is 0 Å². The lowest BCUT2D eigenvalue weighted by Gasteiger charge is -2.41. The Hall–Kier alpha value is -4.23. The number of nitrogens with one attached hydrogen (secondary N) is 2. The molecule has 1 aromatic heterocycles. The summed E-state index contributed by atoms with van der Waals surface area (Å²) in [7, 11) is 1.92. The summed E-state index contributed by atoms with van der Waals surface area (Å²) in [5.41, 5.74) is 5.62. The average Bonchev–Trinajstić information content (AvgIpc) is 3.50. The quantitative estimate of drug-likeness (QED) is 0.145. The number of thioether (sulfide) groups is 1. The minimum absolute atomic E-state index is 0.0156. The van der Waals surface area contributed by atoms with Crippen LogP contribution in [0.5, 0.6) is 0 Å². The van der Waals surface area contributed by atoms with Gasteiger partial charge in [-0.05, 0) is 34.7 Å². The van der Waals surface area contributed by atoms with E-state index < -0.39 is 18.3 Å². The fourth-order valence-electron chi connectivity index (χ4n) is 5.25. The van der Waals surface area contributed by atoms with Crippen LogP contribution in [0.4, 0.5) is 4.79 Å². The summed E-state index contributed by atoms with van der Waals surface area (Å²) >= 11 is 1.60. The van der Waals surface area contributed by atoms with Gasteiger partial charge < -0.3 is 34.5 Å². The number of esters is 1. The van der Waals surface area contributed by atoms with Gasteiger partial charge >= 0.3 is 12.0 Å². The molecule has 2 amide bonds. The number of aliphatic hydroxyl groups excluding tert-OH is 1. The van der Waals surface area contributed by atoms with Gasteiger partial charge in [-0.1, -0.05) is 91.5 Å². The fraction of sp³-hybridized carbons (Fsp3) is 0.353.